The van der Waals surface area contributed by atoms with Crippen molar-refractivity contribution in [1.82, 2.24) is 0 Å². The number of nitrogens with zero attached hydrogens (tertiary/aromatic N) is 1. The summed E-state index contributed by atoms with van der Waals surface area (Å²) in [6.07, 6.45) is 13.6. The van der Waals surface area contributed by atoms with Gasteiger partial charge in [0.1, 0.15) is 6.54 Å². The molecule has 0 unspecified atom stereocenters. The molecule has 0 bridgehead atoms. The van der Waals surface area contributed by atoms with Crippen LogP contribution in [-0.2, 0) is 0 Å². The van der Waals surface area contributed by atoms with Crippen LogP contribution < -0.4 is 12.4 Å². The molecule has 0 aromatic heterocycles. The Morgan fingerprint density at radius 1 is 0.684 bits per heavy atom. The van der Waals surface area contributed by atoms with Gasteiger partial charge < -0.3 is 12.4 Å². The van der Waals surface area contributed by atoms with Gasteiger partial charge in [0.25, 0.3) is 0 Å². The van der Waals surface area contributed by atoms with Gasteiger partial charge in [0.15, 0.2) is 0 Å². The summed E-state index contributed by atoms with van der Waals surface area (Å²) in [5.41, 5.74) is 0. The third kappa shape index (κ3) is 27.4. The Hall–Kier alpha value is 0.210. The van der Waals surface area contributed by atoms with Crippen LogP contribution in [0.3, 0.4) is 0 Å². The van der Waals surface area contributed by atoms with Crippen molar-refractivity contribution in [2.24, 2.45) is 0 Å². The molecule has 3 heteroatoms. The van der Waals surface area contributed by atoms with Crippen LogP contribution in [0.25, 0.3) is 0 Å². The monoisotopic (exact) mass is 295 g/mol. The third-order valence-corrected chi connectivity index (χ3v) is 3.06. The average Bonchev–Trinajstić information content (AvgIpc) is 2.33. The van der Waals surface area contributed by atoms with E-state index in [0.29, 0.717) is 0 Å². The van der Waals surface area contributed by atoms with Crippen molar-refractivity contribution in [2.75, 3.05) is 20.6 Å². The molecule has 0 atom stereocenters. The van der Waals surface area contributed by atoms with Gasteiger partial charge in [-0.1, -0.05) is 72.1 Å². The minimum absolute atomic E-state index is 0. The zero-order valence-electron chi connectivity index (χ0n) is 14.1. The van der Waals surface area contributed by atoms with E-state index in [0.717, 1.165) is 13.0 Å². The summed E-state index contributed by atoms with van der Waals surface area (Å²) in [6, 6.07) is 0. The van der Waals surface area contributed by atoms with Crippen molar-refractivity contribution in [3.63, 3.8) is 0 Å². The van der Waals surface area contributed by atoms with Crippen LogP contribution in [0.15, 0.2) is 0 Å². The van der Waals surface area contributed by atoms with Gasteiger partial charge in [0.2, 0.25) is 0 Å². The van der Waals surface area contributed by atoms with Crippen molar-refractivity contribution >= 4 is 0 Å². The van der Waals surface area contributed by atoms with Gasteiger partial charge in [-0.15, -0.1) is 0 Å². The van der Waals surface area contributed by atoms with E-state index in [4.69, 9.17) is 0 Å². The molecule has 0 aliphatic carbocycles. The van der Waals surface area contributed by atoms with Gasteiger partial charge in [0.05, 0.1) is 14.1 Å². The Labute approximate surface area is 128 Å². The van der Waals surface area contributed by atoms with E-state index < -0.39 is 0 Å². The molecule has 0 radical (unpaired) electrons. The molecule has 0 amide bonds. The van der Waals surface area contributed by atoms with E-state index in [1.165, 1.54) is 57.8 Å². The molecule has 0 aliphatic heterocycles. The SMILES string of the molecule is CC.CCCCCCCCCCCC[N+](C)(C)O.[Cl-]. The lowest BCUT2D eigenvalue weighted by molar-refractivity contribution is -1.07. The molecule has 0 saturated heterocycles. The number of quaternary nitrogens is 1. The summed E-state index contributed by atoms with van der Waals surface area (Å²) >= 11 is 0. The second kappa shape index (κ2) is 18.2. The van der Waals surface area contributed by atoms with E-state index in [1.807, 2.05) is 27.9 Å². The Morgan fingerprint density at radius 2 is 1.00 bits per heavy atom. The van der Waals surface area contributed by atoms with E-state index in [-0.39, 0.29) is 17.1 Å². The van der Waals surface area contributed by atoms with Gasteiger partial charge in [0, 0.05) is 0 Å². The van der Waals surface area contributed by atoms with Crippen LogP contribution in [0.5, 0.6) is 0 Å². The van der Waals surface area contributed by atoms with Crippen molar-refractivity contribution < 1.29 is 22.3 Å². The van der Waals surface area contributed by atoms with Gasteiger partial charge in [-0.25, -0.2) is 5.21 Å². The second-order valence-corrected chi connectivity index (χ2v) is 5.53. The zero-order valence-corrected chi connectivity index (χ0v) is 14.8. The van der Waals surface area contributed by atoms with Gasteiger partial charge >= 0.3 is 0 Å². The van der Waals surface area contributed by atoms with Gasteiger partial charge in [-0.05, 0) is 12.8 Å². The topological polar surface area (TPSA) is 20.2 Å². The third-order valence-electron chi connectivity index (χ3n) is 3.06. The molecule has 0 heterocycles. The maximum atomic E-state index is 9.48. The van der Waals surface area contributed by atoms with Gasteiger partial charge in [-0.3, -0.25) is 0 Å². The summed E-state index contributed by atoms with van der Waals surface area (Å²) in [4.78, 5) is 0. The highest BCUT2D eigenvalue weighted by atomic mass is 35.5. The lowest BCUT2D eigenvalue weighted by atomic mass is 10.1. The molecule has 1 N–H and O–H groups in total. The molecule has 0 fully saturated rings. The summed E-state index contributed by atoms with van der Waals surface area (Å²) in [6.45, 7) is 7.15. The largest absolute Gasteiger partial charge is 1.00 e. The highest BCUT2D eigenvalue weighted by Gasteiger charge is 2.08. The van der Waals surface area contributed by atoms with Crippen LogP contribution in [0.2, 0.25) is 0 Å². The first kappa shape index (κ1) is 24.2. The minimum Gasteiger partial charge on any atom is -1.00 e. The number of halogens is 1. The molecule has 120 valence electrons. The normalized spacial score (nSPS) is 10.4. The van der Waals surface area contributed by atoms with Crippen LogP contribution in [0, 0.1) is 0 Å². The van der Waals surface area contributed by atoms with Gasteiger partial charge in [-0.2, -0.15) is 4.65 Å². The summed E-state index contributed by atoms with van der Waals surface area (Å²) in [5.74, 6) is 0. The summed E-state index contributed by atoms with van der Waals surface area (Å²) < 4.78 is 0.122. The smallest absolute Gasteiger partial charge is 0.108 e. The minimum atomic E-state index is 0. The summed E-state index contributed by atoms with van der Waals surface area (Å²) in [7, 11) is 3.68. The fourth-order valence-electron chi connectivity index (χ4n) is 1.99. The Bertz CT molecular complexity index is 146. The van der Waals surface area contributed by atoms with Crippen molar-refractivity contribution in [2.45, 2.75) is 85.0 Å². The maximum absolute atomic E-state index is 9.48. The molecule has 19 heavy (non-hydrogen) atoms. The van der Waals surface area contributed by atoms with Crippen molar-refractivity contribution in [1.29, 1.82) is 0 Å². The first-order chi connectivity index (χ1) is 8.56. The van der Waals surface area contributed by atoms with Crippen LogP contribution in [0.1, 0.15) is 85.0 Å². The first-order valence-electron chi connectivity index (χ1n) is 8.12. The van der Waals surface area contributed by atoms with Crippen LogP contribution in [-0.4, -0.2) is 30.5 Å². The fourth-order valence-corrected chi connectivity index (χ4v) is 1.99. The molecule has 2 nitrogen and oxygen atoms in total. The Kier molecular flexibility index (Phi) is 23.2. The lowest BCUT2D eigenvalue weighted by Gasteiger charge is -2.18. The quantitative estimate of drug-likeness (QED) is 0.353. The molecular weight excluding hydrogens is 258 g/mol. The van der Waals surface area contributed by atoms with Crippen LogP contribution >= 0.6 is 0 Å². The first-order valence-corrected chi connectivity index (χ1v) is 8.12. The van der Waals surface area contributed by atoms with E-state index >= 15 is 0 Å². The van der Waals surface area contributed by atoms with E-state index in [2.05, 4.69) is 6.92 Å². The Morgan fingerprint density at radius 3 is 1.32 bits per heavy atom. The maximum Gasteiger partial charge on any atom is 0.108 e. The number of hydrogen-bond donors (Lipinski definition) is 1. The average molecular weight is 296 g/mol. The molecule has 0 spiro atoms. The predicted molar refractivity (Wildman–Crippen MR) is 82.0 cm³/mol. The number of hydroxylamine groups is 3. The standard InChI is InChI=1S/C14H32NO.C2H6.ClH/c1-4-5-6-7-8-9-10-11-12-13-14-15(2,3)16;1-2;/h16H,4-14H2,1-3H3;1-2H3;1H/q+1;;/p-1. The number of rotatable bonds is 11. The molecular formula is C16H38ClNO. The molecule has 0 saturated carbocycles. The van der Waals surface area contributed by atoms with Crippen molar-refractivity contribution in [3.05, 3.63) is 0 Å². The highest BCUT2D eigenvalue weighted by molar-refractivity contribution is 4.47. The molecule has 0 aliphatic rings. The van der Waals surface area contributed by atoms with E-state index in [9.17, 15) is 5.21 Å². The zero-order chi connectivity index (χ0) is 14.3. The highest BCUT2D eigenvalue weighted by Crippen LogP contribution is 2.10. The van der Waals surface area contributed by atoms with Crippen molar-refractivity contribution in [3.8, 4) is 0 Å². The number of unbranched alkanes of at least 4 members (excludes halogenated alkanes) is 9. The second-order valence-electron chi connectivity index (χ2n) is 5.53. The fraction of sp³-hybridized carbons (Fsp3) is 1.00. The molecule has 0 aromatic carbocycles. The molecule has 0 aromatic rings. The molecule has 0 rings (SSSR count). The lowest BCUT2D eigenvalue weighted by Crippen LogP contribution is -3.00. The number of hydrogen-bond acceptors (Lipinski definition) is 1. The predicted octanol–water partition coefficient (Wildman–Crippen LogP) is 2.40. The van der Waals surface area contributed by atoms with E-state index in [1.54, 1.807) is 0 Å². The Balaban J connectivity index is -0.000000809. The van der Waals surface area contributed by atoms with Crippen LogP contribution in [0.4, 0.5) is 0 Å². The summed E-state index contributed by atoms with van der Waals surface area (Å²) in [5, 5.41) is 9.48.